The van der Waals surface area contributed by atoms with Gasteiger partial charge in [-0.2, -0.15) is 0 Å². The van der Waals surface area contributed by atoms with Crippen LogP contribution in [0, 0.1) is 0 Å². The van der Waals surface area contributed by atoms with Gasteiger partial charge in [-0.15, -0.1) is 0 Å². The quantitative estimate of drug-likeness (QED) is 0.712. The fourth-order valence-electron chi connectivity index (χ4n) is 3.93. The summed E-state index contributed by atoms with van der Waals surface area (Å²) in [6.07, 6.45) is 8.96. The first-order chi connectivity index (χ1) is 9.11. The smallest absolute Gasteiger partial charge is 0.122 e. The summed E-state index contributed by atoms with van der Waals surface area (Å²) in [7, 11) is 1.81. The molecule has 0 saturated heterocycles. The third kappa shape index (κ3) is 2.22. The molecule has 0 N–H and O–H groups in total. The number of methoxy groups -OCH3 is 1. The van der Waals surface area contributed by atoms with E-state index in [1.54, 1.807) is 0 Å². The van der Waals surface area contributed by atoms with Crippen molar-refractivity contribution in [1.82, 2.24) is 0 Å². The van der Waals surface area contributed by atoms with Gasteiger partial charge in [-0.05, 0) is 62.0 Å². The van der Waals surface area contributed by atoms with Crippen LogP contribution in [0.25, 0.3) is 0 Å². The zero-order valence-corrected chi connectivity index (χ0v) is 13.6. The van der Waals surface area contributed by atoms with Gasteiger partial charge >= 0.3 is 0 Å². The highest BCUT2D eigenvalue weighted by atomic mass is 79.9. The van der Waals surface area contributed by atoms with Crippen LogP contribution >= 0.6 is 15.9 Å². The van der Waals surface area contributed by atoms with Gasteiger partial charge < -0.3 is 4.74 Å². The Balaban J connectivity index is 2.01. The predicted molar refractivity (Wildman–Crippen MR) is 83.4 cm³/mol. The van der Waals surface area contributed by atoms with Crippen LogP contribution in [0.2, 0.25) is 0 Å². The van der Waals surface area contributed by atoms with Gasteiger partial charge in [0.1, 0.15) is 5.75 Å². The first kappa shape index (κ1) is 13.5. The highest BCUT2D eigenvalue weighted by Gasteiger charge is 2.49. The van der Waals surface area contributed by atoms with E-state index in [2.05, 4.69) is 41.1 Å². The van der Waals surface area contributed by atoms with Gasteiger partial charge in [-0.1, -0.05) is 35.0 Å². The van der Waals surface area contributed by atoms with Gasteiger partial charge in [0.25, 0.3) is 0 Å². The molecule has 0 radical (unpaired) electrons. The first-order valence-corrected chi connectivity index (χ1v) is 8.26. The number of hydrogen-bond acceptors (Lipinski definition) is 1. The lowest BCUT2D eigenvalue weighted by Gasteiger charge is -2.51. The Bertz CT molecular complexity index is 456. The lowest BCUT2D eigenvalue weighted by molar-refractivity contribution is 0.159. The molecule has 1 nitrogen and oxygen atoms in total. The number of hydrogen-bond donors (Lipinski definition) is 0. The average molecular weight is 323 g/mol. The number of fused-ring (bicyclic) bond motifs is 3. The molecule has 0 amide bonds. The largest absolute Gasteiger partial charge is 0.496 e. The topological polar surface area (TPSA) is 9.23 Å². The summed E-state index contributed by atoms with van der Waals surface area (Å²) < 4.78 is 6.10. The van der Waals surface area contributed by atoms with Crippen LogP contribution in [-0.4, -0.2) is 11.4 Å². The Kier molecular flexibility index (Phi) is 3.41. The number of aryl methyl sites for hydroxylation is 1. The summed E-state index contributed by atoms with van der Waals surface area (Å²) in [6.45, 7) is 2.23. The lowest BCUT2D eigenvalue weighted by atomic mass is 9.57. The minimum absolute atomic E-state index is 0.381. The Morgan fingerprint density at radius 2 is 1.74 bits per heavy atom. The molecule has 3 aliphatic carbocycles. The molecular formula is C17H23BrO. The maximum absolute atomic E-state index is 5.66. The molecule has 3 fully saturated rings. The molecule has 0 spiro atoms. The van der Waals surface area contributed by atoms with E-state index in [1.807, 2.05) is 7.11 Å². The van der Waals surface area contributed by atoms with E-state index in [0.717, 1.165) is 12.2 Å². The summed E-state index contributed by atoms with van der Waals surface area (Å²) in [5.41, 5.74) is 3.29. The maximum atomic E-state index is 5.66. The zero-order chi connectivity index (χ0) is 13.5. The third-order valence-corrected chi connectivity index (χ3v) is 6.59. The normalized spacial score (nSPS) is 33.4. The van der Waals surface area contributed by atoms with E-state index in [1.165, 1.54) is 49.7 Å². The monoisotopic (exact) mass is 322 g/mol. The first-order valence-electron chi connectivity index (χ1n) is 7.47. The predicted octanol–water partition coefficient (Wildman–Crippen LogP) is 5.00. The molecule has 2 bridgehead atoms. The van der Waals surface area contributed by atoms with Crippen LogP contribution in [0.4, 0.5) is 0 Å². The number of halogens is 1. The molecule has 0 atom stereocenters. The summed E-state index contributed by atoms with van der Waals surface area (Å²) >= 11 is 3.96. The average Bonchev–Trinajstić information content (AvgIpc) is 2.48. The molecule has 3 aliphatic rings. The van der Waals surface area contributed by atoms with Crippen molar-refractivity contribution >= 4 is 15.9 Å². The highest BCUT2D eigenvalue weighted by Crippen LogP contribution is 2.58. The van der Waals surface area contributed by atoms with Crippen LogP contribution in [-0.2, 0) is 11.8 Å². The van der Waals surface area contributed by atoms with E-state index >= 15 is 0 Å². The standard InChI is InChI=1S/C17H23BrO/c1-3-13-4-5-15(19-2)14(12-13)16-6-9-17(18,10-7-16)11-8-16/h4-5,12H,3,6-11H2,1-2H3. The van der Waals surface area contributed by atoms with Gasteiger partial charge in [0, 0.05) is 9.89 Å². The van der Waals surface area contributed by atoms with Crippen LogP contribution in [0.1, 0.15) is 56.6 Å². The molecule has 1 aromatic rings. The van der Waals surface area contributed by atoms with Gasteiger partial charge in [0.2, 0.25) is 0 Å². The Morgan fingerprint density at radius 1 is 1.11 bits per heavy atom. The van der Waals surface area contributed by atoms with Crippen molar-refractivity contribution in [3.05, 3.63) is 29.3 Å². The van der Waals surface area contributed by atoms with Crippen LogP contribution in [0.3, 0.4) is 0 Å². The molecule has 0 aromatic heterocycles. The van der Waals surface area contributed by atoms with Crippen molar-refractivity contribution in [2.24, 2.45) is 0 Å². The lowest BCUT2D eigenvalue weighted by Crippen LogP contribution is -2.45. The summed E-state index contributed by atoms with van der Waals surface area (Å²) in [5, 5.41) is 0. The van der Waals surface area contributed by atoms with E-state index in [9.17, 15) is 0 Å². The fourth-order valence-corrected chi connectivity index (χ4v) is 4.53. The second-order valence-corrected chi connectivity index (χ2v) is 8.00. The molecule has 3 saturated carbocycles. The molecule has 1 aromatic carbocycles. The van der Waals surface area contributed by atoms with Crippen molar-refractivity contribution in [3.63, 3.8) is 0 Å². The minimum Gasteiger partial charge on any atom is -0.496 e. The summed E-state index contributed by atoms with van der Waals surface area (Å²) in [5.74, 6) is 1.10. The molecule has 0 unspecified atom stereocenters. The minimum atomic E-state index is 0.381. The Labute approximate surface area is 124 Å². The molecule has 0 heterocycles. The fraction of sp³-hybridized carbons (Fsp3) is 0.647. The van der Waals surface area contributed by atoms with Gasteiger partial charge in [-0.25, -0.2) is 0 Å². The Hall–Kier alpha value is -0.500. The van der Waals surface area contributed by atoms with Crippen molar-refractivity contribution in [2.75, 3.05) is 7.11 Å². The van der Waals surface area contributed by atoms with E-state index in [0.29, 0.717) is 9.74 Å². The second kappa shape index (κ2) is 4.80. The molecule has 19 heavy (non-hydrogen) atoms. The van der Waals surface area contributed by atoms with Crippen molar-refractivity contribution < 1.29 is 4.74 Å². The molecular weight excluding hydrogens is 300 g/mol. The van der Waals surface area contributed by atoms with Crippen LogP contribution < -0.4 is 4.74 Å². The number of alkyl halides is 1. The van der Waals surface area contributed by atoms with Gasteiger partial charge in [0.15, 0.2) is 0 Å². The zero-order valence-electron chi connectivity index (χ0n) is 12.0. The van der Waals surface area contributed by atoms with Crippen molar-refractivity contribution in [3.8, 4) is 5.75 Å². The van der Waals surface area contributed by atoms with Crippen LogP contribution in [0.5, 0.6) is 5.75 Å². The van der Waals surface area contributed by atoms with Crippen molar-refractivity contribution in [2.45, 2.75) is 61.6 Å². The third-order valence-electron chi connectivity index (χ3n) is 5.40. The summed E-state index contributed by atoms with van der Waals surface area (Å²) in [6, 6.07) is 6.79. The SMILES string of the molecule is CCc1ccc(OC)c(C23CCC(Br)(CC2)CC3)c1. The van der Waals surface area contributed by atoms with Crippen molar-refractivity contribution in [1.29, 1.82) is 0 Å². The highest BCUT2D eigenvalue weighted by molar-refractivity contribution is 9.10. The van der Waals surface area contributed by atoms with E-state index in [4.69, 9.17) is 4.74 Å². The maximum Gasteiger partial charge on any atom is 0.122 e. The number of benzene rings is 1. The van der Waals surface area contributed by atoms with E-state index < -0.39 is 0 Å². The molecule has 104 valence electrons. The Morgan fingerprint density at radius 3 is 2.26 bits per heavy atom. The van der Waals surface area contributed by atoms with Gasteiger partial charge in [0.05, 0.1) is 7.11 Å². The molecule has 2 heteroatoms. The van der Waals surface area contributed by atoms with Gasteiger partial charge in [-0.3, -0.25) is 0 Å². The van der Waals surface area contributed by atoms with Crippen LogP contribution in [0.15, 0.2) is 18.2 Å². The summed E-state index contributed by atoms with van der Waals surface area (Å²) in [4.78, 5) is 0. The number of ether oxygens (including phenoxy) is 1. The second-order valence-electron chi connectivity index (χ2n) is 6.32. The number of rotatable bonds is 3. The molecule has 0 aliphatic heterocycles. The van der Waals surface area contributed by atoms with E-state index in [-0.39, 0.29) is 0 Å². The molecule has 4 rings (SSSR count).